The molecule has 11 rings (SSSR count). The second-order valence-electron chi connectivity index (χ2n) is 16.5. The molecule has 0 bridgehead atoms. The van der Waals surface area contributed by atoms with E-state index >= 15 is 0 Å². The van der Waals surface area contributed by atoms with Gasteiger partial charge in [-0.3, -0.25) is 0 Å². The van der Waals surface area contributed by atoms with Crippen molar-refractivity contribution in [2.45, 2.75) is 38.5 Å². The first kappa shape index (κ1) is 32.8. The van der Waals surface area contributed by atoms with E-state index in [1.54, 1.807) is 0 Å². The molecule has 1 heterocycles. The molecule has 56 heavy (non-hydrogen) atoms. The van der Waals surface area contributed by atoms with Crippen LogP contribution < -0.4 is 4.90 Å². The van der Waals surface area contributed by atoms with Crippen molar-refractivity contribution in [1.82, 2.24) is 4.57 Å². The van der Waals surface area contributed by atoms with E-state index in [0.717, 1.165) is 11.4 Å². The average molecular weight is 719 g/mol. The number of para-hydroxylation sites is 3. The van der Waals surface area contributed by atoms with Crippen LogP contribution in [0, 0.1) is 0 Å². The Morgan fingerprint density at radius 3 is 1.59 bits per heavy atom. The number of rotatable bonds is 5. The van der Waals surface area contributed by atoms with Crippen LogP contribution in [0.15, 0.2) is 182 Å². The molecule has 0 radical (unpaired) electrons. The third-order valence-electron chi connectivity index (χ3n) is 12.8. The molecule has 8 aromatic carbocycles. The highest BCUT2D eigenvalue weighted by Gasteiger charge is 2.41. The minimum atomic E-state index is -0.200. The maximum absolute atomic E-state index is 2.58. The number of hydrogen-bond donors (Lipinski definition) is 0. The standard InChI is InChI=1S/C54H42N2/c1-53(2)44-24-11-6-21-42(44)51-45(53)25-16-29-49(51)56(50-30-15-22-41-38-18-5-10-23-43(38)54(3,4)52(41)50)46-26-12-7-17-37(46)35-31-33-36(34-32-35)55-47-27-13-8-19-39(47)40-20-9-14-28-48(40)55/h5-34H,1-4H3. The summed E-state index contributed by atoms with van der Waals surface area (Å²) in [6, 6.07) is 67.5. The molecule has 0 saturated carbocycles. The minimum Gasteiger partial charge on any atom is -0.309 e. The topological polar surface area (TPSA) is 8.17 Å². The van der Waals surface area contributed by atoms with Crippen LogP contribution in [0.1, 0.15) is 49.9 Å². The fraction of sp³-hybridized carbons (Fsp3) is 0.111. The summed E-state index contributed by atoms with van der Waals surface area (Å²) in [5.41, 5.74) is 20.0. The lowest BCUT2D eigenvalue weighted by atomic mass is 9.81. The van der Waals surface area contributed by atoms with Gasteiger partial charge < -0.3 is 9.47 Å². The van der Waals surface area contributed by atoms with E-state index < -0.39 is 0 Å². The number of aromatic nitrogens is 1. The highest BCUT2D eigenvalue weighted by Crippen LogP contribution is 2.58. The zero-order valence-electron chi connectivity index (χ0n) is 32.2. The van der Waals surface area contributed by atoms with Crippen molar-refractivity contribution >= 4 is 38.9 Å². The van der Waals surface area contributed by atoms with Gasteiger partial charge in [-0.15, -0.1) is 0 Å². The Labute approximate surface area is 328 Å². The van der Waals surface area contributed by atoms with Gasteiger partial charge in [0.15, 0.2) is 0 Å². The van der Waals surface area contributed by atoms with Crippen LogP contribution >= 0.6 is 0 Å². The average Bonchev–Trinajstić information content (AvgIpc) is 3.79. The normalized spacial score (nSPS) is 14.4. The summed E-state index contributed by atoms with van der Waals surface area (Å²) in [6.45, 7) is 9.54. The molecule has 1 aromatic heterocycles. The van der Waals surface area contributed by atoms with E-state index in [9.17, 15) is 0 Å². The van der Waals surface area contributed by atoms with Crippen LogP contribution in [0.5, 0.6) is 0 Å². The third-order valence-corrected chi connectivity index (χ3v) is 12.8. The van der Waals surface area contributed by atoms with E-state index in [-0.39, 0.29) is 10.8 Å². The highest BCUT2D eigenvalue weighted by atomic mass is 15.2. The van der Waals surface area contributed by atoms with E-state index in [1.165, 1.54) is 88.8 Å². The number of benzene rings is 8. The second-order valence-corrected chi connectivity index (χ2v) is 16.5. The molecule has 0 spiro atoms. The molecule has 9 aromatic rings. The van der Waals surface area contributed by atoms with E-state index in [0.29, 0.717) is 0 Å². The Balaban J connectivity index is 1.15. The molecule has 268 valence electrons. The third kappa shape index (κ3) is 4.50. The monoisotopic (exact) mass is 718 g/mol. The van der Waals surface area contributed by atoms with Gasteiger partial charge in [-0.25, -0.2) is 0 Å². The van der Waals surface area contributed by atoms with Crippen molar-refractivity contribution in [3.63, 3.8) is 0 Å². The molecule has 0 atom stereocenters. The summed E-state index contributed by atoms with van der Waals surface area (Å²) in [4.78, 5) is 2.58. The fourth-order valence-corrected chi connectivity index (χ4v) is 10.2. The quantitative estimate of drug-likeness (QED) is 0.172. The first-order chi connectivity index (χ1) is 27.3. The number of fused-ring (bicyclic) bond motifs is 9. The number of nitrogens with zero attached hydrogens (tertiary/aromatic N) is 2. The molecule has 0 N–H and O–H groups in total. The van der Waals surface area contributed by atoms with Crippen LogP contribution in [0.25, 0.3) is 60.9 Å². The maximum Gasteiger partial charge on any atom is 0.0543 e. The van der Waals surface area contributed by atoms with Crippen molar-refractivity contribution in [1.29, 1.82) is 0 Å². The van der Waals surface area contributed by atoms with Crippen LogP contribution in [0.4, 0.5) is 17.1 Å². The van der Waals surface area contributed by atoms with Crippen molar-refractivity contribution in [3.05, 3.63) is 204 Å². The van der Waals surface area contributed by atoms with Gasteiger partial charge in [0.2, 0.25) is 0 Å². The molecule has 0 unspecified atom stereocenters. The van der Waals surface area contributed by atoms with Crippen LogP contribution in [0.3, 0.4) is 0 Å². The van der Waals surface area contributed by atoms with E-state index in [1.807, 2.05) is 0 Å². The Hall–Kier alpha value is -6.64. The molecule has 0 saturated heterocycles. The van der Waals surface area contributed by atoms with Gasteiger partial charge in [0.05, 0.1) is 28.1 Å². The fourth-order valence-electron chi connectivity index (χ4n) is 10.2. The number of hydrogen-bond acceptors (Lipinski definition) is 1. The van der Waals surface area contributed by atoms with Crippen LogP contribution in [-0.2, 0) is 10.8 Å². The molecule has 2 aliphatic carbocycles. The van der Waals surface area contributed by atoms with Crippen LogP contribution in [-0.4, -0.2) is 4.57 Å². The first-order valence-electron chi connectivity index (χ1n) is 19.8. The lowest BCUT2D eigenvalue weighted by Gasteiger charge is -2.34. The van der Waals surface area contributed by atoms with Gasteiger partial charge in [0.25, 0.3) is 0 Å². The molecule has 2 aliphatic rings. The molecule has 0 amide bonds. The Morgan fingerprint density at radius 2 is 0.875 bits per heavy atom. The van der Waals surface area contributed by atoms with Crippen molar-refractivity contribution in [3.8, 4) is 39.1 Å². The summed E-state index contributed by atoms with van der Waals surface area (Å²) in [6.07, 6.45) is 0. The van der Waals surface area contributed by atoms with Crippen molar-refractivity contribution < 1.29 is 0 Å². The Bertz CT molecular complexity index is 2980. The van der Waals surface area contributed by atoms with Gasteiger partial charge in [0, 0.05) is 38.4 Å². The van der Waals surface area contributed by atoms with Crippen molar-refractivity contribution in [2.75, 3.05) is 4.90 Å². The minimum absolute atomic E-state index is 0.121. The molecular weight excluding hydrogens is 677 g/mol. The summed E-state index contributed by atoms with van der Waals surface area (Å²) in [5, 5.41) is 2.54. The summed E-state index contributed by atoms with van der Waals surface area (Å²) < 4.78 is 2.39. The van der Waals surface area contributed by atoms with Gasteiger partial charge in [-0.2, -0.15) is 0 Å². The SMILES string of the molecule is CC1(C)c2ccccc2-c2c(N(c3ccccc3-c3ccc(-n4c5ccccc5c5ccccc54)cc3)c3cccc4c3C(C)(C)c3ccccc3-4)cccc21. The smallest absolute Gasteiger partial charge is 0.0543 e. The predicted octanol–water partition coefficient (Wildman–Crippen LogP) is 14.5. The Morgan fingerprint density at radius 1 is 0.375 bits per heavy atom. The van der Waals surface area contributed by atoms with Crippen LogP contribution in [0.2, 0.25) is 0 Å². The second kappa shape index (κ2) is 11.9. The van der Waals surface area contributed by atoms with Gasteiger partial charge in [0.1, 0.15) is 0 Å². The molecule has 2 nitrogen and oxygen atoms in total. The lowest BCUT2D eigenvalue weighted by Crippen LogP contribution is -2.21. The zero-order chi connectivity index (χ0) is 37.8. The van der Waals surface area contributed by atoms with E-state index in [4.69, 9.17) is 0 Å². The predicted molar refractivity (Wildman–Crippen MR) is 236 cm³/mol. The molecular formula is C54H42N2. The van der Waals surface area contributed by atoms with Gasteiger partial charge >= 0.3 is 0 Å². The molecule has 0 aliphatic heterocycles. The maximum atomic E-state index is 2.58. The zero-order valence-corrected chi connectivity index (χ0v) is 32.2. The molecule has 0 fully saturated rings. The highest BCUT2D eigenvalue weighted by molar-refractivity contribution is 6.09. The summed E-state index contributed by atoms with van der Waals surface area (Å²) in [7, 11) is 0. The summed E-state index contributed by atoms with van der Waals surface area (Å²) in [5.74, 6) is 0. The van der Waals surface area contributed by atoms with Gasteiger partial charge in [-0.05, 0) is 87.0 Å². The first-order valence-corrected chi connectivity index (χ1v) is 19.8. The summed E-state index contributed by atoms with van der Waals surface area (Å²) >= 11 is 0. The Kier molecular flexibility index (Phi) is 6.98. The van der Waals surface area contributed by atoms with Gasteiger partial charge in [-0.1, -0.05) is 167 Å². The van der Waals surface area contributed by atoms with Crippen molar-refractivity contribution in [2.24, 2.45) is 0 Å². The van der Waals surface area contributed by atoms with E-state index in [2.05, 4.69) is 219 Å². The molecule has 2 heteroatoms. The number of anilines is 3. The largest absolute Gasteiger partial charge is 0.309 e. The lowest BCUT2D eigenvalue weighted by molar-refractivity contribution is 0.659.